The molecular weight excluding hydrogens is 462 g/mol. The number of carbonyl (C=O) groups excluding carboxylic acids is 3. The molecule has 1 saturated carbocycles. The van der Waals surface area contributed by atoms with E-state index in [1.807, 2.05) is 24.3 Å². The first-order chi connectivity index (χ1) is 17.1. The molecule has 5 rings (SSSR count). The fourth-order valence-electron chi connectivity index (χ4n) is 6.05. The Morgan fingerprint density at radius 2 is 1.72 bits per heavy atom. The van der Waals surface area contributed by atoms with Gasteiger partial charge >= 0.3 is 0 Å². The lowest BCUT2D eigenvalue weighted by Gasteiger charge is -2.46. The van der Waals surface area contributed by atoms with Gasteiger partial charge in [0, 0.05) is 17.9 Å². The number of aliphatic hydroxyl groups is 3. The van der Waals surface area contributed by atoms with Crippen LogP contribution in [0.1, 0.15) is 41.5 Å². The Balaban J connectivity index is 1.53. The number of amides is 1. The number of carbonyl (C=O) groups is 3. The number of hydrogen-bond donors (Lipinski definition) is 5. The van der Waals surface area contributed by atoms with E-state index in [2.05, 4.69) is 12.1 Å². The van der Waals surface area contributed by atoms with E-state index in [-0.39, 0.29) is 29.7 Å². The molecule has 2 aromatic rings. The van der Waals surface area contributed by atoms with Crippen LogP contribution < -0.4 is 5.73 Å². The zero-order chi connectivity index (χ0) is 25.8. The molecule has 0 unspecified atom stereocenters. The Bertz CT molecular complexity index is 1360. The van der Waals surface area contributed by atoms with Crippen LogP contribution in [0.3, 0.4) is 0 Å². The molecule has 0 heterocycles. The van der Waals surface area contributed by atoms with Crippen molar-refractivity contribution in [1.29, 1.82) is 0 Å². The predicted octanol–water partition coefficient (Wildman–Crippen LogP) is 2.60. The molecule has 0 bridgehead atoms. The van der Waals surface area contributed by atoms with Gasteiger partial charge in [-0.15, -0.1) is 0 Å². The molecule has 186 valence electrons. The van der Waals surface area contributed by atoms with E-state index in [0.29, 0.717) is 12.8 Å². The van der Waals surface area contributed by atoms with Gasteiger partial charge in [0.25, 0.3) is 5.91 Å². The second-order valence-electron chi connectivity index (χ2n) is 9.84. The molecule has 1 fully saturated rings. The predicted molar refractivity (Wildman–Crippen MR) is 130 cm³/mol. The van der Waals surface area contributed by atoms with Crippen LogP contribution in [-0.4, -0.2) is 43.5 Å². The molecule has 0 aromatic heterocycles. The van der Waals surface area contributed by atoms with Gasteiger partial charge in [0.05, 0.1) is 5.56 Å². The van der Waals surface area contributed by atoms with Gasteiger partial charge in [-0.1, -0.05) is 36.4 Å². The molecule has 0 aliphatic heterocycles. The molecule has 6 N–H and O–H groups in total. The Labute approximate surface area is 207 Å². The van der Waals surface area contributed by atoms with E-state index in [0.717, 1.165) is 24.0 Å². The Morgan fingerprint density at radius 3 is 2.42 bits per heavy atom. The topological polar surface area (TPSA) is 158 Å². The third kappa shape index (κ3) is 3.52. The minimum atomic E-state index is -2.54. The SMILES string of the molecule is NC(=O)C1=C(O)[C@@]2(O)C(=O)C3=C(O)c4c(O)ccc(CCCc5ccccc5)c4C[C@H]3C[C@H]2CC1=O. The molecule has 8 nitrogen and oxygen atoms in total. The van der Waals surface area contributed by atoms with E-state index in [4.69, 9.17) is 5.73 Å². The van der Waals surface area contributed by atoms with Crippen LogP contribution in [0.5, 0.6) is 5.75 Å². The normalized spacial score (nSPS) is 25.4. The van der Waals surface area contributed by atoms with Crippen molar-refractivity contribution in [3.63, 3.8) is 0 Å². The third-order valence-corrected chi connectivity index (χ3v) is 7.80. The summed E-state index contributed by atoms with van der Waals surface area (Å²) in [5.41, 5.74) is 4.77. The van der Waals surface area contributed by atoms with Crippen LogP contribution in [0.2, 0.25) is 0 Å². The van der Waals surface area contributed by atoms with Gasteiger partial charge in [0.1, 0.15) is 22.8 Å². The Kier molecular flexibility index (Phi) is 5.71. The summed E-state index contributed by atoms with van der Waals surface area (Å²) in [5.74, 6) is -6.15. The number of phenols is 1. The molecule has 3 aliphatic carbocycles. The van der Waals surface area contributed by atoms with Crippen molar-refractivity contribution in [3.8, 4) is 5.75 Å². The minimum Gasteiger partial charge on any atom is -0.508 e. The number of primary amides is 1. The van der Waals surface area contributed by atoms with Crippen LogP contribution in [0.4, 0.5) is 0 Å². The van der Waals surface area contributed by atoms with Crippen molar-refractivity contribution < 1.29 is 34.8 Å². The number of phenolic OH excluding ortho intramolecular Hbond substituents is 1. The molecule has 0 saturated heterocycles. The summed E-state index contributed by atoms with van der Waals surface area (Å²) in [4.78, 5) is 37.7. The average Bonchev–Trinajstić information content (AvgIpc) is 2.83. The molecule has 36 heavy (non-hydrogen) atoms. The number of benzene rings is 2. The highest BCUT2D eigenvalue weighted by Crippen LogP contribution is 2.52. The first-order valence-corrected chi connectivity index (χ1v) is 12.0. The molecule has 3 aliphatic rings. The lowest BCUT2D eigenvalue weighted by Crippen LogP contribution is -2.58. The van der Waals surface area contributed by atoms with Gasteiger partial charge in [0.15, 0.2) is 11.4 Å². The maximum Gasteiger partial charge on any atom is 0.255 e. The van der Waals surface area contributed by atoms with Gasteiger partial charge in [-0.05, 0) is 60.8 Å². The second kappa shape index (κ2) is 8.64. The quantitative estimate of drug-likeness (QED) is 0.404. The van der Waals surface area contributed by atoms with Crippen molar-refractivity contribution in [2.45, 2.75) is 44.1 Å². The summed E-state index contributed by atoms with van der Waals surface area (Å²) in [7, 11) is 0. The van der Waals surface area contributed by atoms with E-state index in [1.165, 1.54) is 11.6 Å². The van der Waals surface area contributed by atoms with Gasteiger partial charge in [-0.25, -0.2) is 0 Å². The van der Waals surface area contributed by atoms with E-state index < -0.39 is 52.0 Å². The number of rotatable bonds is 5. The molecule has 0 radical (unpaired) electrons. The second-order valence-corrected chi connectivity index (χ2v) is 9.84. The maximum absolute atomic E-state index is 13.5. The molecule has 2 aromatic carbocycles. The summed E-state index contributed by atoms with van der Waals surface area (Å²) in [6.07, 6.45) is 2.51. The van der Waals surface area contributed by atoms with Crippen LogP contribution in [0, 0.1) is 11.8 Å². The number of aryl methyl sites for hydroxylation is 2. The van der Waals surface area contributed by atoms with Crippen molar-refractivity contribution in [3.05, 3.63) is 81.6 Å². The van der Waals surface area contributed by atoms with Crippen LogP contribution in [0.15, 0.2) is 59.4 Å². The number of aliphatic hydroxyl groups excluding tert-OH is 2. The fourth-order valence-corrected chi connectivity index (χ4v) is 6.05. The molecular formula is C28H27NO7. The highest BCUT2D eigenvalue weighted by atomic mass is 16.3. The first-order valence-electron chi connectivity index (χ1n) is 12.0. The number of aromatic hydroxyl groups is 1. The summed E-state index contributed by atoms with van der Waals surface area (Å²) in [5, 5.41) is 43.7. The van der Waals surface area contributed by atoms with E-state index in [9.17, 15) is 34.8 Å². The summed E-state index contributed by atoms with van der Waals surface area (Å²) >= 11 is 0. The summed E-state index contributed by atoms with van der Waals surface area (Å²) < 4.78 is 0. The highest BCUT2D eigenvalue weighted by molar-refractivity contribution is 6.22. The highest BCUT2D eigenvalue weighted by Gasteiger charge is 2.60. The van der Waals surface area contributed by atoms with E-state index in [1.54, 1.807) is 0 Å². The van der Waals surface area contributed by atoms with Gasteiger partial charge in [-0.2, -0.15) is 0 Å². The largest absolute Gasteiger partial charge is 0.508 e. The summed E-state index contributed by atoms with van der Waals surface area (Å²) in [6.45, 7) is 0. The monoisotopic (exact) mass is 489 g/mol. The number of Topliss-reactive ketones (excluding diaryl/α,β-unsaturated/α-hetero) is 2. The maximum atomic E-state index is 13.5. The number of fused-ring (bicyclic) bond motifs is 3. The lowest BCUT2D eigenvalue weighted by atomic mass is 9.59. The van der Waals surface area contributed by atoms with Crippen LogP contribution in [0.25, 0.3) is 5.76 Å². The Morgan fingerprint density at radius 1 is 1.00 bits per heavy atom. The summed E-state index contributed by atoms with van der Waals surface area (Å²) in [6, 6.07) is 13.3. The van der Waals surface area contributed by atoms with Crippen molar-refractivity contribution in [2.24, 2.45) is 17.6 Å². The average molecular weight is 490 g/mol. The minimum absolute atomic E-state index is 0.122. The number of nitrogens with two attached hydrogens (primary N) is 1. The Hall–Kier alpha value is -3.91. The standard InChI is InChI=1S/C28H27NO7/c29-27(35)23-20(31)13-17-11-16-12-18-15(8-4-7-14-5-2-1-3-6-14)9-10-19(30)22(18)24(32)21(16)25(33)28(17,36)26(23)34/h1-3,5-6,9-10,16-17,30,32,34,36H,4,7-8,11-13H2,(H2,29,35)/t16-,17+,28+/m1/s1. The van der Waals surface area contributed by atoms with Crippen LogP contribution >= 0.6 is 0 Å². The number of hydrogen-bond acceptors (Lipinski definition) is 7. The van der Waals surface area contributed by atoms with Crippen molar-refractivity contribution >= 4 is 23.2 Å². The zero-order valence-electron chi connectivity index (χ0n) is 19.5. The number of ketones is 2. The van der Waals surface area contributed by atoms with Gasteiger partial charge in [0.2, 0.25) is 5.78 Å². The molecule has 1 amide bonds. The smallest absolute Gasteiger partial charge is 0.255 e. The first kappa shape index (κ1) is 23.8. The van der Waals surface area contributed by atoms with Gasteiger partial charge < -0.3 is 26.2 Å². The molecule has 0 spiro atoms. The third-order valence-electron chi connectivity index (χ3n) is 7.80. The zero-order valence-corrected chi connectivity index (χ0v) is 19.5. The van der Waals surface area contributed by atoms with Crippen molar-refractivity contribution in [2.75, 3.05) is 0 Å². The molecule has 8 heteroatoms. The lowest BCUT2D eigenvalue weighted by molar-refractivity contribution is -0.147. The van der Waals surface area contributed by atoms with Crippen LogP contribution in [-0.2, 0) is 33.6 Å². The molecule has 3 atom stereocenters. The fraction of sp³-hybridized carbons (Fsp3) is 0.321. The van der Waals surface area contributed by atoms with E-state index >= 15 is 0 Å². The van der Waals surface area contributed by atoms with Gasteiger partial charge in [-0.3, -0.25) is 14.4 Å². The van der Waals surface area contributed by atoms with Crippen molar-refractivity contribution in [1.82, 2.24) is 0 Å².